The minimum atomic E-state index is 0.404. The topological polar surface area (TPSA) is 153 Å². The number of nitrogens with zero attached hydrogens (tertiary/aromatic N) is 8. The van der Waals surface area contributed by atoms with Crippen LogP contribution in [-0.4, -0.2) is 9.13 Å². The molecule has 0 aliphatic carbocycles. The third kappa shape index (κ3) is 5.71. The fraction of sp³-hybridized carbons (Fsp3) is 0. The van der Waals surface area contributed by atoms with Gasteiger partial charge in [0.15, 0.2) is 0 Å². The second-order valence-electron chi connectivity index (χ2n) is 14.8. The first-order valence-electron chi connectivity index (χ1n) is 19.5. The van der Waals surface area contributed by atoms with Crippen molar-refractivity contribution in [2.24, 2.45) is 0 Å². The summed E-state index contributed by atoms with van der Waals surface area (Å²) in [6.45, 7) is 0. The maximum Gasteiger partial charge on any atom is 0.0998 e. The molecule has 0 saturated heterocycles. The Labute approximate surface area is 355 Å². The SMILES string of the molecule is N#Cc1cccc(-c2cc(-n3c4ccccc4c4cc(-c5ccc(C#N)cc5C#N)ccc43)c(-n3c4ccccc4c4cc(-c5ccc(C#N)cc5C#N)ccc43)cc2C#N)c1. The molecule has 10 rings (SSSR count). The van der Waals surface area contributed by atoms with Crippen LogP contribution in [0.5, 0.6) is 0 Å². The molecule has 0 atom stereocenters. The number of hydrogen-bond donors (Lipinski definition) is 0. The van der Waals surface area contributed by atoms with E-state index in [0.29, 0.717) is 44.5 Å². The van der Waals surface area contributed by atoms with E-state index in [4.69, 9.17) is 0 Å². The molecule has 0 N–H and O–H groups in total. The molecular formula is C54H26N8. The van der Waals surface area contributed by atoms with Crippen LogP contribution in [0.1, 0.15) is 33.4 Å². The summed E-state index contributed by atoms with van der Waals surface area (Å²) in [5, 5.41) is 63.8. The van der Waals surface area contributed by atoms with E-state index < -0.39 is 0 Å². The van der Waals surface area contributed by atoms with Gasteiger partial charge in [0, 0.05) is 27.1 Å². The van der Waals surface area contributed by atoms with Gasteiger partial charge in [-0.1, -0.05) is 72.8 Å². The maximum atomic E-state index is 10.9. The van der Waals surface area contributed by atoms with E-state index in [2.05, 4.69) is 81.9 Å². The molecule has 0 radical (unpaired) electrons. The zero-order valence-electron chi connectivity index (χ0n) is 32.6. The molecule has 0 aliphatic rings. The van der Waals surface area contributed by atoms with Crippen LogP contribution in [0.25, 0.3) is 88.4 Å². The predicted octanol–water partition coefficient (Wildman–Crippen LogP) is 12.1. The maximum absolute atomic E-state index is 10.9. The van der Waals surface area contributed by atoms with Gasteiger partial charge in [0.25, 0.3) is 0 Å². The van der Waals surface area contributed by atoms with Gasteiger partial charge in [0.05, 0.1) is 103 Å². The molecule has 0 amide bonds. The van der Waals surface area contributed by atoms with E-state index in [9.17, 15) is 31.6 Å². The van der Waals surface area contributed by atoms with Gasteiger partial charge >= 0.3 is 0 Å². The van der Waals surface area contributed by atoms with Gasteiger partial charge in [-0.2, -0.15) is 31.6 Å². The lowest BCUT2D eigenvalue weighted by Crippen LogP contribution is -2.05. The zero-order valence-corrected chi connectivity index (χ0v) is 32.6. The number of hydrogen-bond acceptors (Lipinski definition) is 6. The molecular weight excluding hydrogens is 761 g/mol. The Kier molecular flexibility index (Phi) is 8.62. The average molecular weight is 787 g/mol. The summed E-state index contributed by atoms with van der Waals surface area (Å²) in [7, 11) is 0. The third-order valence-corrected chi connectivity index (χ3v) is 11.5. The van der Waals surface area contributed by atoms with Gasteiger partial charge < -0.3 is 9.13 Å². The van der Waals surface area contributed by atoms with E-state index in [1.54, 1.807) is 36.4 Å². The second-order valence-corrected chi connectivity index (χ2v) is 14.8. The van der Waals surface area contributed by atoms with Gasteiger partial charge in [-0.05, 0) is 113 Å². The van der Waals surface area contributed by atoms with Crippen LogP contribution in [0.2, 0.25) is 0 Å². The summed E-state index contributed by atoms with van der Waals surface area (Å²) in [5.41, 5.74) is 12.1. The lowest BCUT2D eigenvalue weighted by Gasteiger charge is -2.19. The third-order valence-electron chi connectivity index (χ3n) is 11.5. The van der Waals surface area contributed by atoms with E-state index in [1.165, 1.54) is 0 Å². The molecule has 62 heavy (non-hydrogen) atoms. The van der Waals surface area contributed by atoms with Crippen molar-refractivity contribution in [1.29, 1.82) is 31.6 Å². The Hall–Kier alpha value is -9.70. The molecule has 2 aromatic heterocycles. The highest BCUT2D eigenvalue weighted by Crippen LogP contribution is 2.43. The van der Waals surface area contributed by atoms with Crippen molar-refractivity contribution in [2.45, 2.75) is 0 Å². The van der Waals surface area contributed by atoms with Gasteiger partial charge in [0.1, 0.15) is 0 Å². The minimum Gasteiger partial charge on any atom is -0.307 e. The van der Waals surface area contributed by atoms with Crippen LogP contribution in [0, 0.1) is 68.0 Å². The minimum absolute atomic E-state index is 0.404. The molecule has 8 heteroatoms. The smallest absolute Gasteiger partial charge is 0.0998 e. The molecule has 282 valence electrons. The number of aromatic nitrogens is 2. The lowest BCUT2D eigenvalue weighted by molar-refractivity contribution is 1.09. The van der Waals surface area contributed by atoms with Gasteiger partial charge in [-0.3, -0.25) is 0 Å². The Morgan fingerprint density at radius 3 is 1.23 bits per heavy atom. The second kappa shape index (κ2) is 14.6. The fourth-order valence-electron chi connectivity index (χ4n) is 8.74. The molecule has 0 bridgehead atoms. The van der Waals surface area contributed by atoms with Crippen molar-refractivity contribution < 1.29 is 0 Å². The van der Waals surface area contributed by atoms with Crippen molar-refractivity contribution in [3.05, 3.63) is 191 Å². The molecule has 2 heterocycles. The monoisotopic (exact) mass is 786 g/mol. The molecule has 0 aliphatic heterocycles. The number of para-hydroxylation sites is 2. The summed E-state index contributed by atoms with van der Waals surface area (Å²) < 4.78 is 4.38. The van der Waals surface area contributed by atoms with Crippen LogP contribution >= 0.6 is 0 Å². The first-order chi connectivity index (χ1) is 30.5. The molecule has 0 unspecified atom stereocenters. The summed E-state index contributed by atoms with van der Waals surface area (Å²) in [5.74, 6) is 0. The molecule has 8 nitrogen and oxygen atoms in total. The van der Waals surface area contributed by atoms with Gasteiger partial charge in [-0.25, -0.2) is 0 Å². The van der Waals surface area contributed by atoms with Crippen molar-refractivity contribution >= 4 is 43.6 Å². The summed E-state index contributed by atoms with van der Waals surface area (Å²) in [6.07, 6.45) is 0. The zero-order chi connectivity index (χ0) is 42.5. The molecule has 0 fully saturated rings. The van der Waals surface area contributed by atoms with Crippen LogP contribution in [0.15, 0.2) is 158 Å². The normalized spacial score (nSPS) is 10.8. The largest absolute Gasteiger partial charge is 0.307 e. The quantitative estimate of drug-likeness (QED) is 0.169. The van der Waals surface area contributed by atoms with E-state index >= 15 is 0 Å². The van der Waals surface area contributed by atoms with Gasteiger partial charge in [-0.15, -0.1) is 0 Å². The molecule has 0 saturated carbocycles. The summed E-state index contributed by atoms with van der Waals surface area (Å²) in [4.78, 5) is 0. The predicted molar refractivity (Wildman–Crippen MR) is 240 cm³/mol. The molecule has 10 aromatic rings. The first kappa shape index (κ1) is 36.6. The molecule has 8 aromatic carbocycles. The van der Waals surface area contributed by atoms with Crippen molar-refractivity contribution in [3.63, 3.8) is 0 Å². The number of fused-ring (bicyclic) bond motifs is 6. The number of nitriles is 6. The Balaban J connectivity index is 1.30. The molecule has 0 spiro atoms. The highest BCUT2D eigenvalue weighted by atomic mass is 15.1. The van der Waals surface area contributed by atoms with Crippen LogP contribution < -0.4 is 0 Å². The van der Waals surface area contributed by atoms with Crippen LogP contribution in [0.3, 0.4) is 0 Å². The van der Waals surface area contributed by atoms with E-state index in [1.807, 2.05) is 84.9 Å². The van der Waals surface area contributed by atoms with Crippen LogP contribution in [-0.2, 0) is 0 Å². The van der Waals surface area contributed by atoms with E-state index in [-0.39, 0.29) is 0 Å². The van der Waals surface area contributed by atoms with Crippen LogP contribution in [0.4, 0.5) is 0 Å². The Bertz CT molecular complexity index is 3840. The summed E-state index contributed by atoms with van der Waals surface area (Å²) in [6, 6.07) is 63.4. The van der Waals surface area contributed by atoms with E-state index in [0.717, 1.165) is 77.2 Å². The van der Waals surface area contributed by atoms with Gasteiger partial charge in [0.2, 0.25) is 0 Å². The first-order valence-corrected chi connectivity index (χ1v) is 19.5. The number of benzene rings is 8. The average Bonchev–Trinajstić information content (AvgIpc) is 3.85. The highest BCUT2D eigenvalue weighted by Gasteiger charge is 2.23. The van der Waals surface area contributed by atoms with Crippen molar-refractivity contribution in [1.82, 2.24) is 9.13 Å². The van der Waals surface area contributed by atoms with Crippen molar-refractivity contribution in [2.75, 3.05) is 0 Å². The Morgan fingerprint density at radius 2 is 0.726 bits per heavy atom. The van der Waals surface area contributed by atoms with Crippen molar-refractivity contribution in [3.8, 4) is 81.2 Å². The summed E-state index contributed by atoms with van der Waals surface area (Å²) >= 11 is 0. The lowest BCUT2D eigenvalue weighted by atomic mass is 9.96. The highest BCUT2D eigenvalue weighted by molar-refractivity contribution is 6.13. The fourth-order valence-corrected chi connectivity index (χ4v) is 8.74. The number of rotatable bonds is 5. The standard InChI is InChI=1S/C54H26N8/c55-27-33-6-5-7-36(20-33)46-26-54(62-50-11-4-2-9-45(50)48-24-38(15-19-52(48)62)43-17-13-35(29-57)22-40(43)31-59)53(25-41(46)32-60)61-49-10-3-1-8-44(49)47-23-37(14-18-51(47)61)42-16-12-34(28-56)21-39(42)30-58/h1-26H. The Morgan fingerprint density at radius 1 is 0.290 bits per heavy atom.